The number of carbonyl (C=O) groups is 1. The molecule has 2 aromatic rings. The number of benzene rings is 1. The van der Waals surface area contributed by atoms with E-state index >= 15 is 0 Å². The Balaban J connectivity index is 1.49. The fourth-order valence-electron chi connectivity index (χ4n) is 4.48. The van der Waals surface area contributed by atoms with Gasteiger partial charge in [-0.05, 0) is 57.0 Å². The number of fused-ring (bicyclic) bond motifs is 1. The molecule has 4 rings (SSSR count). The summed E-state index contributed by atoms with van der Waals surface area (Å²) in [6, 6.07) is 8.05. The molecule has 1 saturated heterocycles. The first-order valence-electron chi connectivity index (χ1n) is 11.4. The van der Waals surface area contributed by atoms with Crippen molar-refractivity contribution in [3.8, 4) is 0 Å². The van der Waals surface area contributed by atoms with Gasteiger partial charge in [-0.25, -0.2) is 9.97 Å². The fraction of sp³-hybridized carbons (Fsp3) is 0.480. The highest BCUT2D eigenvalue weighted by molar-refractivity contribution is 6.30. The Hall–Kier alpha value is -2.44. The number of anilines is 1. The van der Waals surface area contributed by atoms with Gasteiger partial charge in [0.05, 0.1) is 11.6 Å². The minimum atomic E-state index is -0.214. The first-order valence-corrected chi connectivity index (χ1v) is 11.7. The highest BCUT2D eigenvalue weighted by Gasteiger charge is 2.32. The molecule has 1 aliphatic heterocycles. The van der Waals surface area contributed by atoms with E-state index in [1.165, 1.54) is 0 Å². The number of allylic oxidation sites excluding steroid dienone is 1. The predicted octanol–water partition coefficient (Wildman–Crippen LogP) is 3.86. The van der Waals surface area contributed by atoms with E-state index in [9.17, 15) is 4.79 Å². The quantitative estimate of drug-likeness (QED) is 0.664. The SMILES string of the molecule is C=C1CCc2ncnc(N3CCN(C(=O)[C@H](CN(C)C(C)C)c4ccc(Cl)cc4)CC3)c21. The van der Waals surface area contributed by atoms with Gasteiger partial charge >= 0.3 is 0 Å². The Bertz CT molecular complexity index is 982. The zero-order chi connectivity index (χ0) is 22.8. The van der Waals surface area contributed by atoms with Gasteiger partial charge in [0, 0.05) is 49.4 Å². The van der Waals surface area contributed by atoms with Crippen molar-refractivity contribution >= 4 is 28.9 Å². The lowest BCUT2D eigenvalue weighted by atomic mass is 9.96. The van der Waals surface area contributed by atoms with Crippen LogP contribution in [0.15, 0.2) is 37.2 Å². The molecule has 6 nitrogen and oxygen atoms in total. The summed E-state index contributed by atoms with van der Waals surface area (Å²) in [5, 5.41) is 0.685. The van der Waals surface area contributed by atoms with Gasteiger partial charge < -0.3 is 14.7 Å². The van der Waals surface area contributed by atoms with Gasteiger partial charge in [-0.1, -0.05) is 30.3 Å². The number of halogens is 1. The lowest BCUT2D eigenvalue weighted by molar-refractivity contribution is -0.133. The molecule has 7 heteroatoms. The van der Waals surface area contributed by atoms with Crippen molar-refractivity contribution in [2.45, 2.75) is 38.6 Å². The number of aryl methyl sites for hydroxylation is 1. The maximum absolute atomic E-state index is 13.6. The van der Waals surface area contributed by atoms with E-state index in [1.54, 1.807) is 6.33 Å². The molecule has 0 spiro atoms. The number of aromatic nitrogens is 2. The molecule has 0 saturated carbocycles. The van der Waals surface area contributed by atoms with Crippen LogP contribution in [0.5, 0.6) is 0 Å². The molecule has 1 aliphatic carbocycles. The molecule has 0 bridgehead atoms. The van der Waals surface area contributed by atoms with E-state index in [2.05, 4.69) is 47.2 Å². The minimum Gasteiger partial charge on any atom is -0.352 e. The molecule has 32 heavy (non-hydrogen) atoms. The van der Waals surface area contributed by atoms with Gasteiger partial charge in [0.15, 0.2) is 0 Å². The number of likely N-dealkylation sites (N-methyl/N-ethyl adjacent to an activating group) is 1. The lowest BCUT2D eigenvalue weighted by Gasteiger charge is -2.38. The van der Waals surface area contributed by atoms with E-state index in [0.717, 1.165) is 54.1 Å². The highest BCUT2D eigenvalue weighted by Crippen LogP contribution is 2.36. The number of piperazine rings is 1. The van der Waals surface area contributed by atoms with Crippen LogP contribution in [0, 0.1) is 0 Å². The number of amides is 1. The summed E-state index contributed by atoms with van der Waals surface area (Å²) in [5.41, 5.74) is 4.34. The van der Waals surface area contributed by atoms with Crippen LogP contribution < -0.4 is 4.90 Å². The van der Waals surface area contributed by atoms with E-state index < -0.39 is 0 Å². The molecule has 170 valence electrons. The van der Waals surface area contributed by atoms with Crippen molar-refractivity contribution < 1.29 is 4.79 Å². The zero-order valence-electron chi connectivity index (χ0n) is 19.2. The maximum atomic E-state index is 13.6. The number of hydrogen-bond donors (Lipinski definition) is 0. The number of rotatable bonds is 6. The van der Waals surface area contributed by atoms with Crippen molar-refractivity contribution in [1.29, 1.82) is 0 Å². The standard InChI is InChI=1S/C25H32ClN5O/c1-17(2)29(4)15-21(19-6-8-20(26)9-7-19)25(32)31-13-11-30(12-14-31)24-23-18(3)5-10-22(23)27-16-28-24/h6-9,16-17,21H,3,5,10-15H2,1-2,4H3/t21-/m1/s1. The Morgan fingerprint density at radius 1 is 1.12 bits per heavy atom. The zero-order valence-corrected chi connectivity index (χ0v) is 20.0. The van der Waals surface area contributed by atoms with Crippen LogP contribution in [0.1, 0.15) is 43.0 Å². The van der Waals surface area contributed by atoms with Gasteiger partial charge in [-0.2, -0.15) is 0 Å². The van der Waals surface area contributed by atoms with Crippen molar-refractivity contribution in [3.05, 3.63) is 59.0 Å². The molecule has 0 radical (unpaired) electrons. The van der Waals surface area contributed by atoms with Crippen LogP contribution in [-0.4, -0.2) is 71.5 Å². The van der Waals surface area contributed by atoms with Crippen molar-refractivity contribution in [1.82, 2.24) is 19.8 Å². The van der Waals surface area contributed by atoms with E-state index in [0.29, 0.717) is 30.7 Å². The molecule has 2 aliphatic rings. The van der Waals surface area contributed by atoms with E-state index in [1.807, 2.05) is 29.2 Å². The van der Waals surface area contributed by atoms with Crippen LogP contribution in [0.2, 0.25) is 5.02 Å². The minimum absolute atomic E-state index is 0.178. The Morgan fingerprint density at radius 3 is 2.47 bits per heavy atom. The summed E-state index contributed by atoms with van der Waals surface area (Å²) in [6.07, 6.45) is 3.54. The maximum Gasteiger partial charge on any atom is 0.231 e. The summed E-state index contributed by atoms with van der Waals surface area (Å²) >= 11 is 6.10. The molecular weight excluding hydrogens is 422 g/mol. The van der Waals surface area contributed by atoms with Crippen molar-refractivity contribution in [3.63, 3.8) is 0 Å². The summed E-state index contributed by atoms with van der Waals surface area (Å²) in [5.74, 6) is 0.935. The third-order valence-corrected chi connectivity index (χ3v) is 6.99. The Labute approximate surface area is 195 Å². The molecule has 1 fully saturated rings. The second kappa shape index (κ2) is 9.59. The summed E-state index contributed by atoms with van der Waals surface area (Å²) in [7, 11) is 2.07. The second-order valence-electron chi connectivity index (χ2n) is 9.07. The summed E-state index contributed by atoms with van der Waals surface area (Å²) in [6.45, 7) is 12.1. The third kappa shape index (κ3) is 4.66. The van der Waals surface area contributed by atoms with Crippen LogP contribution in [0.4, 0.5) is 5.82 Å². The van der Waals surface area contributed by atoms with Crippen LogP contribution in [0.25, 0.3) is 5.57 Å². The smallest absolute Gasteiger partial charge is 0.231 e. The number of hydrogen-bond acceptors (Lipinski definition) is 5. The topological polar surface area (TPSA) is 52.6 Å². The van der Waals surface area contributed by atoms with Gasteiger partial charge in [-0.3, -0.25) is 4.79 Å². The molecule has 1 aromatic heterocycles. The van der Waals surface area contributed by atoms with Crippen LogP contribution in [-0.2, 0) is 11.2 Å². The Kier molecular flexibility index (Phi) is 6.82. The fourth-order valence-corrected chi connectivity index (χ4v) is 4.60. The number of carbonyl (C=O) groups excluding carboxylic acids is 1. The third-order valence-electron chi connectivity index (χ3n) is 6.74. The summed E-state index contributed by atoms with van der Waals surface area (Å²) < 4.78 is 0. The molecule has 2 heterocycles. The normalized spacial score (nSPS) is 17.2. The molecular formula is C25H32ClN5O. The molecule has 0 unspecified atom stereocenters. The number of nitrogens with zero attached hydrogens (tertiary/aromatic N) is 5. The van der Waals surface area contributed by atoms with Crippen LogP contribution in [0.3, 0.4) is 0 Å². The van der Waals surface area contributed by atoms with E-state index in [4.69, 9.17) is 11.6 Å². The van der Waals surface area contributed by atoms with Crippen molar-refractivity contribution in [2.75, 3.05) is 44.7 Å². The monoisotopic (exact) mass is 453 g/mol. The van der Waals surface area contributed by atoms with Gasteiger partial charge in [0.25, 0.3) is 0 Å². The molecule has 1 aromatic carbocycles. The highest BCUT2D eigenvalue weighted by atomic mass is 35.5. The average Bonchev–Trinajstić information content (AvgIpc) is 3.18. The van der Waals surface area contributed by atoms with Crippen LogP contribution >= 0.6 is 11.6 Å². The van der Waals surface area contributed by atoms with Crippen molar-refractivity contribution in [2.24, 2.45) is 0 Å². The lowest BCUT2D eigenvalue weighted by Crippen LogP contribution is -2.51. The Morgan fingerprint density at radius 2 is 1.81 bits per heavy atom. The summed E-state index contributed by atoms with van der Waals surface area (Å²) in [4.78, 5) is 29.1. The average molecular weight is 454 g/mol. The van der Waals surface area contributed by atoms with Gasteiger partial charge in [-0.15, -0.1) is 0 Å². The molecule has 1 atom stereocenters. The predicted molar refractivity (Wildman–Crippen MR) is 130 cm³/mol. The largest absolute Gasteiger partial charge is 0.352 e. The molecule has 0 N–H and O–H groups in total. The first kappa shape index (κ1) is 22.7. The molecule has 1 amide bonds. The van der Waals surface area contributed by atoms with Gasteiger partial charge in [0.2, 0.25) is 5.91 Å². The van der Waals surface area contributed by atoms with E-state index in [-0.39, 0.29) is 11.8 Å². The van der Waals surface area contributed by atoms with Gasteiger partial charge in [0.1, 0.15) is 12.1 Å². The second-order valence-corrected chi connectivity index (χ2v) is 9.51. The first-order chi connectivity index (χ1) is 15.3.